The van der Waals surface area contributed by atoms with Crippen LogP contribution in [0.15, 0.2) is 67.0 Å². The fourth-order valence-electron chi connectivity index (χ4n) is 3.87. The molecule has 2 N–H and O–H groups in total. The van der Waals surface area contributed by atoms with Gasteiger partial charge >= 0.3 is 0 Å². The molecule has 0 aliphatic heterocycles. The minimum Gasteiger partial charge on any atom is -0.493 e. The zero-order chi connectivity index (χ0) is 25.8. The van der Waals surface area contributed by atoms with Gasteiger partial charge in [-0.3, -0.25) is 0 Å². The van der Waals surface area contributed by atoms with Crippen molar-refractivity contribution in [3.8, 4) is 23.2 Å². The van der Waals surface area contributed by atoms with E-state index in [1.165, 1.54) is 18.5 Å². The first-order valence-corrected chi connectivity index (χ1v) is 11.3. The van der Waals surface area contributed by atoms with Crippen LogP contribution in [0.4, 0.5) is 22.0 Å². The van der Waals surface area contributed by atoms with E-state index >= 15 is 0 Å². The standard InChI is InChI=1S/C26H24FN7O3/c1-35-21-12-18(13-22(36-2)23(21)37-3)31-24-29-15-30-26(33-24)34-20-7-5-4-6-19(20)32-25(34)28-14-16-8-10-17(27)11-9-16/h4-13,15H,14H2,1-3H3,(H,28,32)(H,29,30,31,33). The molecule has 0 aliphatic carbocycles. The number of anilines is 3. The third-order valence-corrected chi connectivity index (χ3v) is 5.60. The second-order valence-electron chi connectivity index (χ2n) is 7.89. The molecule has 0 unspecified atom stereocenters. The Morgan fingerprint density at radius 3 is 2.30 bits per heavy atom. The fraction of sp³-hybridized carbons (Fsp3) is 0.154. The molecule has 11 heteroatoms. The zero-order valence-electron chi connectivity index (χ0n) is 20.4. The third kappa shape index (κ3) is 4.92. The summed E-state index contributed by atoms with van der Waals surface area (Å²) in [6, 6.07) is 17.5. The summed E-state index contributed by atoms with van der Waals surface area (Å²) >= 11 is 0. The Kier molecular flexibility index (Phi) is 6.66. The molecule has 0 atom stereocenters. The van der Waals surface area contributed by atoms with Gasteiger partial charge in [0.2, 0.25) is 23.6 Å². The Morgan fingerprint density at radius 2 is 1.59 bits per heavy atom. The molecule has 188 valence electrons. The van der Waals surface area contributed by atoms with Crippen LogP contribution >= 0.6 is 0 Å². The number of imidazole rings is 1. The number of methoxy groups -OCH3 is 3. The molecular formula is C26H24FN7O3. The van der Waals surface area contributed by atoms with Crippen LogP contribution in [-0.4, -0.2) is 45.8 Å². The van der Waals surface area contributed by atoms with Crippen molar-refractivity contribution in [3.63, 3.8) is 0 Å². The molecule has 0 radical (unpaired) electrons. The average molecular weight is 502 g/mol. The van der Waals surface area contributed by atoms with E-state index in [4.69, 9.17) is 19.2 Å². The van der Waals surface area contributed by atoms with Crippen LogP contribution in [0.3, 0.4) is 0 Å². The highest BCUT2D eigenvalue weighted by Crippen LogP contribution is 2.40. The van der Waals surface area contributed by atoms with Crippen LogP contribution in [0, 0.1) is 5.82 Å². The van der Waals surface area contributed by atoms with Gasteiger partial charge in [-0.2, -0.15) is 4.98 Å². The van der Waals surface area contributed by atoms with E-state index in [0.717, 1.165) is 16.6 Å². The van der Waals surface area contributed by atoms with Gasteiger partial charge in [-0.15, -0.1) is 0 Å². The van der Waals surface area contributed by atoms with Crippen molar-refractivity contribution >= 4 is 28.6 Å². The van der Waals surface area contributed by atoms with Crippen molar-refractivity contribution < 1.29 is 18.6 Å². The molecule has 37 heavy (non-hydrogen) atoms. The van der Waals surface area contributed by atoms with E-state index in [9.17, 15) is 4.39 Å². The summed E-state index contributed by atoms with van der Waals surface area (Å²) in [5.41, 5.74) is 3.12. The number of rotatable bonds is 9. The number of hydrogen-bond acceptors (Lipinski definition) is 9. The van der Waals surface area contributed by atoms with E-state index in [0.29, 0.717) is 47.3 Å². The summed E-state index contributed by atoms with van der Waals surface area (Å²) in [6.45, 7) is 0.436. The lowest BCUT2D eigenvalue weighted by atomic mass is 10.2. The maximum atomic E-state index is 13.3. The molecule has 0 saturated carbocycles. The number of nitrogens with zero attached hydrogens (tertiary/aromatic N) is 5. The Balaban J connectivity index is 1.49. The Morgan fingerprint density at radius 1 is 0.865 bits per heavy atom. The molecule has 0 aliphatic rings. The number of benzene rings is 3. The minimum absolute atomic E-state index is 0.284. The topological polar surface area (TPSA) is 108 Å². The molecule has 5 rings (SSSR count). The molecule has 0 fully saturated rings. The first-order valence-electron chi connectivity index (χ1n) is 11.3. The van der Waals surface area contributed by atoms with Crippen molar-refractivity contribution in [1.82, 2.24) is 24.5 Å². The van der Waals surface area contributed by atoms with Crippen molar-refractivity contribution in [2.75, 3.05) is 32.0 Å². The number of aromatic nitrogens is 5. The van der Waals surface area contributed by atoms with Gasteiger partial charge in [0.15, 0.2) is 11.5 Å². The summed E-state index contributed by atoms with van der Waals surface area (Å²) in [6.07, 6.45) is 1.42. The van der Waals surface area contributed by atoms with Crippen LogP contribution in [0.2, 0.25) is 0 Å². The molecule has 3 aromatic carbocycles. The summed E-state index contributed by atoms with van der Waals surface area (Å²) in [7, 11) is 4.64. The molecular weight excluding hydrogens is 477 g/mol. The molecule has 5 aromatic rings. The SMILES string of the molecule is COc1cc(Nc2ncnc(-n3c(NCc4ccc(F)cc4)nc4ccccc43)n2)cc(OC)c1OC. The maximum absolute atomic E-state index is 13.3. The quantitative estimate of drug-likeness (QED) is 0.296. The average Bonchev–Trinajstić information content (AvgIpc) is 3.30. The summed E-state index contributed by atoms with van der Waals surface area (Å²) in [4.78, 5) is 18.0. The molecule has 10 nitrogen and oxygen atoms in total. The highest BCUT2D eigenvalue weighted by Gasteiger charge is 2.17. The minimum atomic E-state index is -0.284. The molecule has 0 spiro atoms. The summed E-state index contributed by atoms with van der Waals surface area (Å²) in [5, 5.41) is 6.48. The molecule has 2 aromatic heterocycles. The van der Waals surface area contributed by atoms with E-state index in [-0.39, 0.29) is 5.82 Å². The number of nitrogens with one attached hydrogen (secondary N) is 2. The molecule has 2 heterocycles. The van der Waals surface area contributed by atoms with Crippen LogP contribution in [0.5, 0.6) is 17.2 Å². The van der Waals surface area contributed by atoms with Crippen LogP contribution in [0.1, 0.15) is 5.56 Å². The van der Waals surface area contributed by atoms with Crippen LogP contribution < -0.4 is 24.8 Å². The highest BCUT2D eigenvalue weighted by atomic mass is 19.1. The van der Waals surface area contributed by atoms with Gasteiger partial charge in [0, 0.05) is 24.4 Å². The second-order valence-corrected chi connectivity index (χ2v) is 7.89. The van der Waals surface area contributed by atoms with E-state index in [1.807, 2.05) is 24.3 Å². The van der Waals surface area contributed by atoms with Crippen molar-refractivity contribution in [3.05, 3.63) is 78.4 Å². The predicted molar refractivity (Wildman–Crippen MR) is 138 cm³/mol. The van der Waals surface area contributed by atoms with Gasteiger partial charge in [0.05, 0.1) is 32.4 Å². The maximum Gasteiger partial charge on any atom is 0.241 e. The van der Waals surface area contributed by atoms with Gasteiger partial charge in [-0.1, -0.05) is 24.3 Å². The molecule has 0 saturated heterocycles. The number of hydrogen-bond donors (Lipinski definition) is 2. The first kappa shape index (κ1) is 23.8. The van der Waals surface area contributed by atoms with Crippen molar-refractivity contribution in [2.45, 2.75) is 6.54 Å². The smallest absolute Gasteiger partial charge is 0.241 e. The van der Waals surface area contributed by atoms with Gasteiger partial charge in [-0.05, 0) is 29.8 Å². The largest absolute Gasteiger partial charge is 0.493 e. The lowest BCUT2D eigenvalue weighted by Crippen LogP contribution is -2.10. The van der Waals surface area contributed by atoms with Crippen molar-refractivity contribution in [2.24, 2.45) is 0 Å². The van der Waals surface area contributed by atoms with Gasteiger partial charge < -0.3 is 24.8 Å². The summed E-state index contributed by atoms with van der Waals surface area (Å²) in [5.74, 6) is 2.39. The number of halogens is 1. The molecule has 0 bridgehead atoms. The number of para-hydroxylation sites is 2. The predicted octanol–water partition coefficient (Wildman–Crippen LogP) is 4.73. The van der Waals surface area contributed by atoms with Gasteiger partial charge in [0.1, 0.15) is 12.1 Å². The van der Waals surface area contributed by atoms with E-state index < -0.39 is 0 Å². The van der Waals surface area contributed by atoms with E-state index in [2.05, 4.69) is 25.6 Å². The Hall–Kier alpha value is -4.93. The fourth-order valence-corrected chi connectivity index (χ4v) is 3.87. The van der Waals surface area contributed by atoms with Crippen molar-refractivity contribution in [1.29, 1.82) is 0 Å². The monoisotopic (exact) mass is 501 g/mol. The first-order chi connectivity index (χ1) is 18.1. The third-order valence-electron chi connectivity index (χ3n) is 5.60. The Bertz CT molecular complexity index is 1510. The lowest BCUT2D eigenvalue weighted by Gasteiger charge is -2.15. The van der Waals surface area contributed by atoms with Crippen LogP contribution in [0.25, 0.3) is 17.0 Å². The second kappa shape index (κ2) is 10.4. The number of ether oxygens (including phenoxy) is 3. The van der Waals surface area contributed by atoms with E-state index in [1.54, 1.807) is 50.2 Å². The lowest BCUT2D eigenvalue weighted by molar-refractivity contribution is 0.324. The Labute approximate surface area is 212 Å². The normalized spacial score (nSPS) is 10.8. The summed E-state index contributed by atoms with van der Waals surface area (Å²) < 4.78 is 31.4. The molecule has 0 amide bonds. The van der Waals surface area contributed by atoms with Crippen LogP contribution in [-0.2, 0) is 6.54 Å². The zero-order valence-corrected chi connectivity index (χ0v) is 20.4. The van der Waals surface area contributed by atoms with Gasteiger partial charge in [-0.25, -0.2) is 23.9 Å². The van der Waals surface area contributed by atoms with Gasteiger partial charge in [0.25, 0.3) is 0 Å². The highest BCUT2D eigenvalue weighted by molar-refractivity contribution is 5.80. The number of fused-ring (bicyclic) bond motifs is 1.